The predicted molar refractivity (Wildman–Crippen MR) is 77.2 cm³/mol. The minimum atomic E-state index is 0.451. The van der Waals surface area contributed by atoms with E-state index in [0.717, 1.165) is 32.8 Å². The molecule has 2 aliphatic heterocycles. The molecule has 3 rings (SSSR count). The largest absolute Gasteiger partial charge is 0.375 e. The first kappa shape index (κ1) is 13.1. The number of morpholine rings is 1. The lowest BCUT2D eigenvalue weighted by Crippen LogP contribution is -2.58. The zero-order valence-corrected chi connectivity index (χ0v) is 12.0. The maximum atomic E-state index is 5.91. The Kier molecular flexibility index (Phi) is 3.87. The van der Waals surface area contributed by atoms with E-state index in [-0.39, 0.29) is 0 Å². The smallest absolute Gasteiger partial charge is 0.0755 e. The van der Waals surface area contributed by atoms with E-state index < -0.39 is 0 Å². The fraction of sp³-hybridized carbons (Fsp3) is 0.625. The Balaban J connectivity index is 1.66. The molecule has 0 bridgehead atoms. The molecule has 2 saturated heterocycles. The van der Waals surface area contributed by atoms with Gasteiger partial charge in [-0.15, -0.1) is 0 Å². The van der Waals surface area contributed by atoms with Gasteiger partial charge in [-0.25, -0.2) is 0 Å². The first-order chi connectivity index (χ1) is 9.24. The molecule has 19 heavy (non-hydrogen) atoms. The Bertz CT molecular complexity index is 435. The van der Waals surface area contributed by atoms with E-state index >= 15 is 0 Å². The van der Waals surface area contributed by atoms with Crippen molar-refractivity contribution in [2.45, 2.75) is 32.0 Å². The number of rotatable bonds is 2. The second kappa shape index (κ2) is 5.61. The lowest BCUT2D eigenvalue weighted by atomic mass is 9.98. The standard InChI is InChI=1S/C16H24N2O/c1-13-5-3-4-6-14(13)11-18-8-7-16-15(12-18)17(2)9-10-19-16/h3-6,15-16H,7-12H2,1-2H3/t15-,16-/m1/s1. The number of benzene rings is 1. The average molecular weight is 260 g/mol. The number of ether oxygens (including phenoxy) is 1. The molecule has 0 N–H and O–H groups in total. The van der Waals surface area contributed by atoms with E-state index in [4.69, 9.17) is 4.74 Å². The molecule has 1 aromatic rings. The minimum absolute atomic E-state index is 0.451. The monoisotopic (exact) mass is 260 g/mol. The maximum absolute atomic E-state index is 5.91. The van der Waals surface area contributed by atoms with Crippen LogP contribution in [0.4, 0.5) is 0 Å². The van der Waals surface area contributed by atoms with Crippen molar-refractivity contribution in [1.82, 2.24) is 9.80 Å². The van der Waals surface area contributed by atoms with Crippen LogP contribution in [0, 0.1) is 6.92 Å². The third kappa shape index (κ3) is 2.83. The topological polar surface area (TPSA) is 15.7 Å². The van der Waals surface area contributed by atoms with E-state index in [1.807, 2.05) is 0 Å². The van der Waals surface area contributed by atoms with E-state index in [0.29, 0.717) is 12.1 Å². The van der Waals surface area contributed by atoms with Crippen LogP contribution in [0.3, 0.4) is 0 Å². The molecule has 0 aliphatic carbocycles. The Morgan fingerprint density at radius 3 is 2.95 bits per heavy atom. The van der Waals surface area contributed by atoms with Gasteiger partial charge in [0.2, 0.25) is 0 Å². The SMILES string of the molecule is Cc1ccccc1CN1CC[C@H]2OCCN(C)[C@@H]2C1. The lowest BCUT2D eigenvalue weighted by Gasteiger charge is -2.45. The number of piperidine rings is 1. The molecule has 3 nitrogen and oxygen atoms in total. The van der Waals surface area contributed by atoms with Gasteiger partial charge >= 0.3 is 0 Å². The fourth-order valence-electron chi connectivity index (χ4n) is 3.28. The van der Waals surface area contributed by atoms with E-state index in [1.165, 1.54) is 17.5 Å². The summed E-state index contributed by atoms with van der Waals surface area (Å²) in [4.78, 5) is 5.05. The van der Waals surface area contributed by atoms with Crippen molar-refractivity contribution in [3.05, 3.63) is 35.4 Å². The molecular weight excluding hydrogens is 236 g/mol. The summed E-state index contributed by atoms with van der Waals surface area (Å²) >= 11 is 0. The number of likely N-dealkylation sites (N-methyl/N-ethyl adjacent to an activating group) is 1. The molecule has 2 atom stereocenters. The summed E-state index contributed by atoms with van der Waals surface area (Å²) < 4.78 is 5.91. The lowest BCUT2D eigenvalue weighted by molar-refractivity contribution is -0.0957. The summed E-state index contributed by atoms with van der Waals surface area (Å²) in [7, 11) is 2.23. The van der Waals surface area contributed by atoms with Crippen molar-refractivity contribution < 1.29 is 4.74 Å². The van der Waals surface area contributed by atoms with Crippen molar-refractivity contribution >= 4 is 0 Å². The summed E-state index contributed by atoms with van der Waals surface area (Å²) in [6, 6.07) is 9.30. The maximum Gasteiger partial charge on any atom is 0.0755 e. The van der Waals surface area contributed by atoms with Crippen LogP contribution in [0.15, 0.2) is 24.3 Å². The second-order valence-electron chi connectivity index (χ2n) is 5.91. The van der Waals surface area contributed by atoms with Gasteiger partial charge in [-0.05, 0) is 31.5 Å². The minimum Gasteiger partial charge on any atom is -0.375 e. The van der Waals surface area contributed by atoms with Crippen molar-refractivity contribution in [2.24, 2.45) is 0 Å². The van der Waals surface area contributed by atoms with Crippen LogP contribution in [0.2, 0.25) is 0 Å². The van der Waals surface area contributed by atoms with E-state index in [2.05, 4.69) is 48.0 Å². The van der Waals surface area contributed by atoms with Gasteiger partial charge < -0.3 is 4.74 Å². The van der Waals surface area contributed by atoms with Gasteiger partial charge in [0.1, 0.15) is 0 Å². The highest BCUT2D eigenvalue weighted by molar-refractivity contribution is 5.25. The first-order valence-corrected chi connectivity index (χ1v) is 7.33. The number of hydrogen-bond donors (Lipinski definition) is 0. The van der Waals surface area contributed by atoms with Crippen LogP contribution in [-0.2, 0) is 11.3 Å². The van der Waals surface area contributed by atoms with Gasteiger partial charge in [0.15, 0.2) is 0 Å². The third-order valence-electron chi connectivity index (χ3n) is 4.60. The highest BCUT2D eigenvalue weighted by Crippen LogP contribution is 2.23. The van der Waals surface area contributed by atoms with E-state index in [9.17, 15) is 0 Å². The Morgan fingerprint density at radius 2 is 2.11 bits per heavy atom. The van der Waals surface area contributed by atoms with Crippen LogP contribution < -0.4 is 0 Å². The third-order valence-corrected chi connectivity index (χ3v) is 4.60. The first-order valence-electron chi connectivity index (χ1n) is 7.33. The normalized spacial score (nSPS) is 29.2. The number of fused-ring (bicyclic) bond motifs is 1. The molecule has 0 unspecified atom stereocenters. The molecule has 0 aromatic heterocycles. The molecule has 2 heterocycles. The molecule has 1 aromatic carbocycles. The highest BCUT2D eigenvalue weighted by atomic mass is 16.5. The number of hydrogen-bond acceptors (Lipinski definition) is 3. The van der Waals surface area contributed by atoms with Gasteiger partial charge in [0.05, 0.1) is 12.7 Å². The molecule has 2 fully saturated rings. The number of aryl methyl sites for hydroxylation is 1. The van der Waals surface area contributed by atoms with Gasteiger partial charge in [-0.1, -0.05) is 24.3 Å². The molecule has 0 radical (unpaired) electrons. The molecule has 0 saturated carbocycles. The Morgan fingerprint density at radius 1 is 1.26 bits per heavy atom. The molecule has 0 amide bonds. The summed E-state index contributed by atoms with van der Waals surface area (Å²) in [5.41, 5.74) is 2.86. The van der Waals surface area contributed by atoms with Crippen LogP contribution in [0.1, 0.15) is 17.5 Å². The highest BCUT2D eigenvalue weighted by Gasteiger charge is 2.35. The number of nitrogens with zero attached hydrogens (tertiary/aromatic N) is 2. The average Bonchev–Trinajstić information content (AvgIpc) is 2.42. The van der Waals surface area contributed by atoms with Gasteiger partial charge in [-0.3, -0.25) is 9.80 Å². The molecular formula is C16H24N2O. The van der Waals surface area contributed by atoms with Crippen molar-refractivity contribution in [1.29, 1.82) is 0 Å². The Hall–Kier alpha value is -0.900. The molecule has 3 heteroatoms. The number of likely N-dealkylation sites (tertiary alicyclic amines) is 1. The van der Waals surface area contributed by atoms with Crippen molar-refractivity contribution in [3.63, 3.8) is 0 Å². The summed E-state index contributed by atoms with van der Waals surface area (Å²) in [6.07, 6.45) is 1.62. The fourth-order valence-corrected chi connectivity index (χ4v) is 3.28. The molecule has 0 spiro atoms. The van der Waals surface area contributed by atoms with Gasteiger partial charge in [0, 0.05) is 32.2 Å². The van der Waals surface area contributed by atoms with Crippen molar-refractivity contribution in [3.8, 4) is 0 Å². The van der Waals surface area contributed by atoms with Crippen LogP contribution in [0.25, 0.3) is 0 Å². The van der Waals surface area contributed by atoms with Gasteiger partial charge in [-0.2, -0.15) is 0 Å². The predicted octanol–water partition coefficient (Wildman–Crippen LogP) is 1.90. The Labute approximate surface area is 116 Å². The van der Waals surface area contributed by atoms with Crippen LogP contribution >= 0.6 is 0 Å². The molecule has 2 aliphatic rings. The van der Waals surface area contributed by atoms with E-state index in [1.54, 1.807) is 0 Å². The van der Waals surface area contributed by atoms with Crippen LogP contribution in [-0.4, -0.2) is 55.2 Å². The second-order valence-corrected chi connectivity index (χ2v) is 5.91. The zero-order valence-electron chi connectivity index (χ0n) is 12.0. The van der Waals surface area contributed by atoms with Crippen LogP contribution in [0.5, 0.6) is 0 Å². The molecule has 104 valence electrons. The zero-order chi connectivity index (χ0) is 13.2. The summed E-state index contributed by atoms with van der Waals surface area (Å²) in [5.74, 6) is 0. The van der Waals surface area contributed by atoms with Gasteiger partial charge in [0.25, 0.3) is 0 Å². The quantitative estimate of drug-likeness (QED) is 0.808. The van der Waals surface area contributed by atoms with Crippen molar-refractivity contribution in [2.75, 3.05) is 33.3 Å². The summed E-state index contributed by atoms with van der Waals surface area (Å²) in [6.45, 7) is 7.54. The summed E-state index contributed by atoms with van der Waals surface area (Å²) in [5, 5.41) is 0.